The van der Waals surface area contributed by atoms with E-state index in [2.05, 4.69) is 12.2 Å². The Morgan fingerprint density at radius 1 is 1.57 bits per heavy atom. The maximum Gasteiger partial charge on any atom is 0.223 e. The summed E-state index contributed by atoms with van der Waals surface area (Å²) in [6, 6.07) is 0. The van der Waals surface area contributed by atoms with Gasteiger partial charge in [-0.2, -0.15) is 0 Å². The molecule has 0 spiro atoms. The smallest absolute Gasteiger partial charge is 0.223 e. The average Bonchev–Trinajstić information content (AvgIpc) is 2.11. The van der Waals surface area contributed by atoms with Gasteiger partial charge in [0.15, 0.2) is 0 Å². The highest BCUT2D eigenvalue weighted by atomic mass is 16.2. The molecule has 0 aliphatic heterocycles. The monoisotopic (exact) mass is 198 g/mol. The van der Waals surface area contributed by atoms with Crippen LogP contribution in [0.2, 0.25) is 0 Å². The van der Waals surface area contributed by atoms with Crippen LogP contribution in [-0.2, 0) is 4.79 Å². The van der Waals surface area contributed by atoms with Crippen molar-refractivity contribution in [3.63, 3.8) is 0 Å². The van der Waals surface area contributed by atoms with Crippen LogP contribution in [0.1, 0.15) is 46.0 Å². The van der Waals surface area contributed by atoms with Crippen molar-refractivity contribution in [3.05, 3.63) is 0 Å². The van der Waals surface area contributed by atoms with Gasteiger partial charge in [0.2, 0.25) is 5.91 Å². The molecule has 0 aromatic heterocycles. The molecule has 14 heavy (non-hydrogen) atoms. The lowest BCUT2D eigenvalue weighted by atomic mass is 9.76. The Balaban J connectivity index is 2.38. The first kappa shape index (κ1) is 11.5. The molecule has 0 radical (unpaired) electrons. The van der Waals surface area contributed by atoms with Gasteiger partial charge >= 0.3 is 0 Å². The van der Waals surface area contributed by atoms with E-state index in [0.717, 1.165) is 25.7 Å². The molecule has 82 valence electrons. The molecule has 0 saturated heterocycles. The van der Waals surface area contributed by atoms with E-state index in [1.807, 2.05) is 6.92 Å². The molecule has 0 aromatic rings. The van der Waals surface area contributed by atoms with Crippen LogP contribution in [0, 0.1) is 5.92 Å². The molecular weight excluding hydrogens is 176 g/mol. The number of hydrogen-bond donors (Lipinski definition) is 2. The van der Waals surface area contributed by atoms with E-state index in [0.29, 0.717) is 6.54 Å². The fraction of sp³-hybridized carbons (Fsp3) is 0.909. The van der Waals surface area contributed by atoms with E-state index >= 15 is 0 Å². The molecule has 1 saturated carbocycles. The van der Waals surface area contributed by atoms with Gasteiger partial charge in [-0.15, -0.1) is 0 Å². The zero-order valence-electron chi connectivity index (χ0n) is 9.31. The highest BCUT2D eigenvalue weighted by Crippen LogP contribution is 2.31. The van der Waals surface area contributed by atoms with Crippen molar-refractivity contribution in [3.8, 4) is 0 Å². The summed E-state index contributed by atoms with van der Waals surface area (Å²) in [5, 5.41) is 3.10. The Labute approximate surface area is 86.4 Å². The SMILES string of the molecule is CCCC(C)C(=O)NC1(CN)CCC1. The Morgan fingerprint density at radius 2 is 2.21 bits per heavy atom. The number of carbonyl (C=O) groups is 1. The van der Waals surface area contributed by atoms with Crippen LogP contribution in [0.3, 0.4) is 0 Å². The molecule has 3 nitrogen and oxygen atoms in total. The van der Waals surface area contributed by atoms with E-state index < -0.39 is 0 Å². The van der Waals surface area contributed by atoms with Gasteiger partial charge < -0.3 is 11.1 Å². The standard InChI is InChI=1S/C11H22N2O/c1-3-5-9(2)10(14)13-11(8-12)6-4-7-11/h9H,3-8,12H2,1-2H3,(H,13,14). The third kappa shape index (κ3) is 2.47. The third-order valence-corrected chi connectivity index (χ3v) is 3.26. The van der Waals surface area contributed by atoms with Gasteiger partial charge in [0.25, 0.3) is 0 Å². The first-order valence-electron chi connectivity index (χ1n) is 5.65. The van der Waals surface area contributed by atoms with Crippen LogP contribution in [0.25, 0.3) is 0 Å². The van der Waals surface area contributed by atoms with E-state index in [4.69, 9.17) is 5.73 Å². The Morgan fingerprint density at radius 3 is 2.57 bits per heavy atom. The van der Waals surface area contributed by atoms with Crippen molar-refractivity contribution in [1.82, 2.24) is 5.32 Å². The number of nitrogens with one attached hydrogen (secondary N) is 1. The minimum Gasteiger partial charge on any atom is -0.349 e. The molecule has 3 heteroatoms. The molecule has 3 N–H and O–H groups in total. The van der Waals surface area contributed by atoms with Crippen molar-refractivity contribution in [2.45, 2.75) is 51.5 Å². The molecule has 1 unspecified atom stereocenters. The van der Waals surface area contributed by atoms with Gasteiger partial charge in [0.05, 0.1) is 5.54 Å². The van der Waals surface area contributed by atoms with Crippen LogP contribution in [0.15, 0.2) is 0 Å². The fourth-order valence-electron chi connectivity index (χ4n) is 1.93. The van der Waals surface area contributed by atoms with Gasteiger partial charge in [-0.25, -0.2) is 0 Å². The molecule has 1 aliphatic rings. The summed E-state index contributed by atoms with van der Waals surface area (Å²) < 4.78 is 0. The van der Waals surface area contributed by atoms with Crippen molar-refractivity contribution in [2.24, 2.45) is 11.7 Å². The zero-order chi connectivity index (χ0) is 10.6. The van der Waals surface area contributed by atoms with Crippen LogP contribution in [0.5, 0.6) is 0 Å². The molecule has 0 bridgehead atoms. The van der Waals surface area contributed by atoms with Crippen LogP contribution < -0.4 is 11.1 Å². The summed E-state index contributed by atoms with van der Waals surface area (Å²) in [6.07, 6.45) is 5.32. The molecule has 1 atom stereocenters. The zero-order valence-corrected chi connectivity index (χ0v) is 9.31. The van der Waals surface area contributed by atoms with E-state index in [1.54, 1.807) is 0 Å². The predicted molar refractivity (Wildman–Crippen MR) is 57.9 cm³/mol. The lowest BCUT2D eigenvalue weighted by molar-refractivity contribution is -0.127. The predicted octanol–water partition coefficient (Wildman–Crippen LogP) is 1.42. The fourth-order valence-corrected chi connectivity index (χ4v) is 1.93. The minimum absolute atomic E-state index is 0.0565. The molecule has 1 amide bonds. The van der Waals surface area contributed by atoms with Crippen LogP contribution in [0.4, 0.5) is 0 Å². The molecular formula is C11H22N2O. The normalized spacial score (nSPS) is 21.1. The molecule has 0 aromatic carbocycles. The van der Waals surface area contributed by atoms with Crippen molar-refractivity contribution < 1.29 is 4.79 Å². The Hall–Kier alpha value is -0.570. The van der Waals surface area contributed by atoms with E-state index in [-0.39, 0.29) is 17.4 Å². The quantitative estimate of drug-likeness (QED) is 0.702. The molecule has 1 aliphatic carbocycles. The number of amides is 1. The summed E-state index contributed by atoms with van der Waals surface area (Å²) in [4.78, 5) is 11.7. The summed E-state index contributed by atoms with van der Waals surface area (Å²) in [7, 11) is 0. The topological polar surface area (TPSA) is 55.1 Å². The highest BCUT2D eigenvalue weighted by Gasteiger charge is 2.37. The lowest BCUT2D eigenvalue weighted by Crippen LogP contribution is -2.59. The Kier molecular flexibility index (Phi) is 3.93. The summed E-state index contributed by atoms with van der Waals surface area (Å²) >= 11 is 0. The van der Waals surface area contributed by atoms with Crippen molar-refractivity contribution >= 4 is 5.91 Å². The minimum atomic E-state index is -0.0565. The second-order valence-corrected chi connectivity index (χ2v) is 4.52. The van der Waals surface area contributed by atoms with E-state index in [9.17, 15) is 4.79 Å². The summed E-state index contributed by atoms with van der Waals surface area (Å²) in [5.74, 6) is 0.307. The summed E-state index contributed by atoms with van der Waals surface area (Å²) in [6.45, 7) is 4.67. The van der Waals surface area contributed by atoms with Crippen LogP contribution in [-0.4, -0.2) is 18.0 Å². The largest absolute Gasteiger partial charge is 0.349 e. The number of nitrogens with two attached hydrogens (primary N) is 1. The van der Waals surface area contributed by atoms with Crippen LogP contribution >= 0.6 is 0 Å². The summed E-state index contributed by atoms with van der Waals surface area (Å²) in [5.41, 5.74) is 5.62. The lowest BCUT2D eigenvalue weighted by Gasteiger charge is -2.42. The van der Waals surface area contributed by atoms with Gasteiger partial charge in [0.1, 0.15) is 0 Å². The molecule has 0 heterocycles. The van der Waals surface area contributed by atoms with E-state index in [1.165, 1.54) is 6.42 Å². The average molecular weight is 198 g/mol. The maximum absolute atomic E-state index is 11.7. The first-order valence-corrected chi connectivity index (χ1v) is 5.65. The number of hydrogen-bond acceptors (Lipinski definition) is 2. The van der Waals surface area contributed by atoms with Gasteiger partial charge in [-0.05, 0) is 25.7 Å². The van der Waals surface area contributed by atoms with Gasteiger partial charge in [-0.3, -0.25) is 4.79 Å². The molecule has 1 rings (SSSR count). The second kappa shape index (κ2) is 4.78. The van der Waals surface area contributed by atoms with Gasteiger partial charge in [-0.1, -0.05) is 20.3 Å². The molecule has 1 fully saturated rings. The van der Waals surface area contributed by atoms with Crippen molar-refractivity contribution in [1.29, 1.82) is 0 Å². The highest BCUT2D eigenvalue weighted by molar-refractivity contribution is 5.79. The number of rotatable bonds is 5. The second-order valence-electron chi connectivity index (χ2n) is 4.52. The third-order valence-electron chi connectivity index (χ3n) is 3.26. The Bertz CT molecular complexity index is 194. The maximum atomic E-state index is 11.7. The van der Waals surface area contributed by atoms with Crippen molar-refractivity contribution in [2.75, 3.05) is 6.54 Å². The first-order chi connectivity index (χ1) is 6.63. The van der Waals surface area contributed by atoms with Gasteiger partial charge in [0, 0.05) is 12.5 Å². The number of carbonyl (C=O) groups excluding carboxylic acids is 1.